The lowest BCUT2D eigenvalue weighted by molar-refractivity contribution is -0.0884. The van der Waals surface area contributed by atoms with Gasteiger partial charge in [0, 0.05) is 12.1 Å². The molecule has 2 aliphatic heterocycles. The number of piperidine rings is 1. The summed E-state index contributed by atoms with van der Waals surface area (Å²) in [5.41, 5.74) is -0.112. The minimum absolute atomic E-state index is 0.0268. The van der Waals surface area contributed by atoms with Crippen molar-refractivity contribution in [2.45, 2.75) is 96.1 Å². The number of likely N-dealkylation sites (tertiary alicyclic amines) is 1. The minimum Gasteiger partial charge on any atom is -0.393 e. The molecule has 0 aliphatic carbocycles. The van der Waals surface area contributed by atoms with Gasteiger partial charge in [0.2, 0.25) is 0 Å². The molecule has 3 unspecified atom stereocenters. The van der Waals surface area contributed by atoms with E-state index < -0.39 is 0 Å². The Hall–Kier alpha value is -0.120. The molecule has 0 amide bonds. The highest BCUT2D eigenvalue weighted by atomic mass is 16.5. The first kappa shape index (κ1) is 15.3. The Bertz CT molecular complexity index is 312. The van der Waals surface area contributed by atoms with Crippen LogP contribution in [0.2, 0.25) is 0 Å². The van der Waals surface area contributed by atoms with Crippen LogP contribution in [-0.4, -0.2) is 45.9 Å². The summed E-state index contributed by atoms with van der Waals surface area (Å²) in [6.45, 7) is 11.9. The fourth-order valence-electron chi connectivity index (χ4n) is 4.13. The van der Waals surface area contributed by atoms with E-state index in [0.29, 0.717) is 12.1 Å². The van der Waals surface area contributed by atoms with E-state index >= 15 is 0 Å². The zero-order valence-electron chi connectivity index (χ0n) is 13.3. The van der Waals surface area contributed by atoms with Crippen molar-refractivity contribution in [3.63, 3.8) is 0 Å². The van der Waals surface area contributed by atoms with E-state index in [1.54, 1.807) is 0 Å². The highest BCUT2D eigenvalue weighted by Gasteiger charge is 2.49. The Kier molecular flexibility index (Phi) is 4.29. The van der Waals surface area contributed by atoms with Crippen molar-refractivity contribution >= 4 is 0 Å². The summed E-state index contributed by atoms with van der Waals surface area (Å²) < 4.78 is 6.25. The second-order valence-corrected chi connectivity index (χ2v) is 7.66. The first-order valence-electron chi connectivity index (χ1n) is 7.85. The molecule has 2 rings (SSSR count). The van der Waals surface area contributed by atoms with Gasteiger partial charge in [0.15, 0.2) is 0 Å². The monoisotopic (exact) mass is 269 g/mol. The maximum absolute atomic E-state index is 9.74. The van der Waals surface area contributed by atoms with Gasteiger partial charge in [-0.1, -0.05) is 6.42 Å². The van der Waals surface area contributed by atoms with Crippen LogP contribution in [0, 0.1) is 0 Å². The van der Waals surface area contributed by atoms with Gasteiger partial charge in [0.1, 0.15) is 0 Å². The predicted molar refractivity (Wildman–Crippen MR) is 78.3 cm³/mol. The fraction of sp³-hybridized carbons (Fsp3) is 1.00. The van der Waals surface area contributed by atoms with Crippen LogP contribution in [0.1, 0.15) is 66.7 Å². The van der Waals surface area contributed by atoms with Crippen LogP contribution in [-0.2, 0) is 4.74 Å². The lowest BCUT2D eigenvalue weighted by atomic mass is 9.87. The molecule has 1 N–H and O–H groups in total. The van der Waals surface area contributed by atoms with E-state index in [2.05, 4.69) is 32.6 Å². The highest BCUT2D eigenvalue weighted by Crippen LogP contribution is 2.42. The minimum atomic E-state index is -0.205. The smallest absolute Gasteiger partial charge is 0.0789 e. The van der Waals surface area contributed by atoms with E-state index in [4.69, 9.17) is 4.74 Å². The van der Waals surface area contributed by atoms with Gasteiger partial charge in [0.05, 0.1) is 17.3 Å². The molecule has 19 heavy (non-hydrogen) atoms. The summed E-state index contributed by atoms with van der Waals surface area (Å²) in [5.74, 6) is 0. The summed E-state index contributed by atoms with van der Waals surface area (Å²) in [6.07, 6.45) is 5.58. The van der Waals surface area contributed by atoms with E-state index in [9.17, 15) is 5.11 Å². The molecule has 0 aromatic rings. The number of aliphatic hydroxyl groups excluding tert-OH is 1. The molecule has 0 aromatic heterocycles. The van der Waals surface area contributed by atoms with Crippen molar-refractivity contribution in [3.8, 4) is 0 Å². The van der Waals surface area contributed by atoms with E-state index in [-0.39, 0.29) is 17.3 Å². The van der Waals surface area contributed by atoms with Gasteiger partial charge in [-0.25, -0.2) is 0 Å². The number of aliphatic hydroxyl groups is 1. The SMILES string of the molecule is CC(O)CC1CCCCN1C1CC(C)(C)OC1(C)C. The second-order valence-electron chi connectivity index (χ2n) is 7.66. The largest absolute Gasteiger partial charge is 0.393 e. The number of hydrogen-bond donors (Lipinski definition) is 1. The molecule has 2 heterocycles. The van der Waals surface area contributed by atoms with Crippen LogP contribution in [0.5, 0.6) is 0 Å². The molecule has 3 nitrogen and oxygen atoms in total. The average molecular weight is 269 g/mol. The summed E-state index contributed by atoms with van der Waals surface area (Å²) in [6, 6.07) is 1.00. The van der Waals surface area contributed by atoms with Crippen LogP contribution in [0.3, 0.4) is 0 Å². The van der Waals surface area contributed by atoms with Gasteiger partial charge < -0.3 is 9.84 Å². The maximum Gasteiger partial charge on any atom is 0.0789 e. The zero-order chi connectivity index (χ0) is 14.3. The third-order valence-corrected chi connectivity index (χ3v) is 4.71. The molecule has 112 valence electrons. The number of ether oxygens (including phenoxy) is 1. The molecule has 0 spiro atoms. The first-order chi connectivity index (χ1) is 8.71. The molecular weight excluding hydrogens is 238 g/mol. The second kappa shape index (κ2) is 5.34. The zero-order valence-corrected chi connectivity index (χ0v) is 13.3. The van der Waals surface area contributed by atoms with Crippen molar-refractivity contribution in [1.29, 1.82) is 0 Å². The van der Waals surface area contributed by atoms with Crippen molar-refractivity contribution in [2.24, 2.45) is 0 Å². The van der Waals surface area contributed by atoms with Crippen LogP contribution in [0.25, 0.3) is 0 Å². The van der Waals surface area contributed by atoms with Crippen LogP contribution in [0.4, 0.5) is 0 Å². The molecular formula is C16H31NO2. The van der Waals surface area contributed by atoms with Crippen molar-refractivity contribution < 1.29 is 9.84 Å². The summed E-state index contributed by atoms with van der Waals surface area (Å²) >= 11 is 0. The average Bonchev–Trinajstić information content (AvgIpc) is 2.46. The van der Waals surface area contributed by atoms with Gasteiger partial charge >= 0.3 is 0 Å². The van der Waals surface area contributed by atoms with Gasteiger partial charge in [0.25, 0.3) is 0 Å². The molecule has 0 bridgehead atoms. The van der Waals surface area contributed by atoms with Gasteiger partial charge in [-0.2, -0.15) is 0 Å². The molecule has 0 aromatic carbocycles. The van der Waals surface area contributed by atoms with Gasteiger partial charge in [-0.05, 0) is 66.8 Å². The number of hydrogen-bond acceptors (Lipinski definition) is 3. The van der Waals surface area contributed by atoms with Crippen molar-refractivity contribution in [1.82, 2.24) is 4.90 Å². The number of nitrogens with zero attached hydrogens (tertiary/aromatic N) is 1. The predicted octanol–water partition coefficient (Wildman–Crippen LogP) is 2.96. The van der Waals surface area contributed by atoms with Gasteiger partial charge in [-0.3, -0.25) is 4.90 Å². The molecule has 2 saturated heterocycles. The molecule has 0 saturated carbocycles. The molecule has 2 fully saturated rings. The Morgan fingerprint density at radius 2 is 1.95 bits per heavy atom. The molecule has 3 atom stereocenters. The molecule has 2 aliphatic rings. The highest BCUT2D eigenvalue weighted by molar-refractivity contribution is 5.02. The lowest BCUT2D eigenvalue weighted by Crippen LogP contribution is -2.53. The van der Waals surface area contributed by atoms with Crippen molar-refractivity contribution in [2.75, 3.05) is 6.54 Å². The summed E-state index contributed by atoms with van der Waals surface area (Å²) in [5, 5.41) is 9.74. The summed E-state index contributed by atoms with van der Waals surface area (Å²) in [4.78, 5) is 2.63. The van der Waals surface area contributed by atoms with E-state index in [0.717, 1.165) is 19.4 Å². The van der Waals surface area contributed by atoms with Crippen molar-refractivity contribution in [3.05, 3.63) is 0 Å². The standard InChI is InChI=1S/C16H31NO2/c1-12(18)10-13-8-6-7-9-17(13)14-11-15(2,3)19-16(14,4)5/h12-14,18H,6-11H2,1-5H3. The van der Waals surface area contributed by atoms with Crippen LogP contribution >= 0.6 is 0 Å². The quantitative estimate of drug-likeness (QED) is 0.855. The van der Waals surface area contributed by atoms with E-state index in [1.165, 1.54) is 19.3 Å². The lowest BCUT2D eigenvalue weighted by Gasteiger charge is -2.44. The third kappa shape index (κ3) is 3.50. The Morgan fingerprint density at radius 1 is 1.26 bits per heavy atom. The molecule has 3 heteroatoms. The number of rotatable bonds is 3. The Labute approximate surface area is 118 Å². The van der Waals surface area contributed by atoms with Crippen LogP contribution in [0.15, 0.2) is 0 Å². The van der Waals surface area contributed by atoms with Crippen LogP contribution < -0.4 is 0 Å². The Morgan fingerprint density at radius 3 is 2.47 bits per heavy atom. The Balaban J connectivity index is 2.13. The molecule has 0 radical (unpaired) electrons. The first-order valence-corrected chi connectivity index (χ1v) is 7.85. The third-order valence-electron chi connectivity index (χ3n) is 4.71. The summed E-state index contributed by atoms with van der Waals surface area (Å²) in [7, 11) is 0. The normalized spacial score (nSPS) is 36.3. The van der Waals surface area contributed by atoms with E-state index in [1.807, 2.05) is 6.92 Å². The maximum atomic E-state index is 9.74. The fourth-order valence-corrected chi connectivity index (χ4v) is 4.13. The van der Waals surface area contributed by atoms with Gasteiger partial charge in [-0.15, -0.1) is 0 Å². The topological polar surface area (TPSA) is 32.7 Å².